The number of fused-ring (bicyclic) bond motifs is 1. The van der Waals surface area contributed by atoms with Gasteiger partial charge in [0, 0.05) is 46.1 Å². The zero-order chi connectivity index (χ0) is 23.2. The number of hydrogen-bond acceptors (Lipinski definition) is 5. The Hall–Kier alpha value is -0.710. The summed E-state index contributed by atoms with van der Waals surface area (Å²) in [6, 6.07) is 8.37. The summed E-state index contributed by atoms with van der Waals surface area (Å²) in [4.78, 5) is 15.6. The van der Waals surface area contributed by atoms with Crippen LogP contribution in [-0.2, 0) is 14.5 Å². The fraction of sp³-hybridized carbons (Fsp3) is 0.625. The van der Waals surface area contributed by atoms with Gasteiger partial charge < -0.3 is 15.4 Å². The van der Waals surface area contributed by atoms with Gasteiger partial charge in [0.25, 0.3) is 0 Å². The summed E-state index contributed by atoms with van der Waals surface area (Å²) in [6.07, 6.45) is 5.66. The van der Waals surface area contributed by atoms with Crippen LogP contribution in [-0.4, -0.2) is 46.0 Å². The molecule has 6 nitrogen and oxygen atoms in total. The Morgan fingerprint density at radius 3 is 2.84 bits per heavy atom. The lowest BCUT2D eigenvalue weighted by molar-refractivity contribution is -0.687. The van der Waals surface area contributed by atoms with Crippen LogP contribution < -0.4 is 10.6 Å². The number of nitrogens with one attached hydrogen (secondary N) is 1. The number of nitrogens with two attached hydrogens (primary N) is 1. The number of ether oxygens (including phenoxy) is 1. The van der Waals surface area contributed by atoms with Crippen LogP contribution in [0.1, 0.15) is 53.4 Å². The fourth-order valence-electron chi connectivity index (χ4n) is 3.70. The third-order valence-corrected chi connectivity index (χ3v) is 8.05. The van der Waals surface area contributed by atoms with Gasteiger partial charge in [-0.3, -0.25) is 4.98 Å². The van der Waals surface area contributed by atoms with Crippen LogP contribution in [0.15, 0.2) is 30.5 Å². The molecule has 0 radical (unpaired) electrons. The highest BCUT2D eigenvalue weighted by Gasteiger charge is 2.49. The fourth-order valence-corrected chi connectivity index (χ4v) is 4.96. The molecule has 2 aromatic rings. The van der Waals surface area contributed by atoms with E-state index in [2.05, 4.69) is 52.1 Å². The van der Waals surface area contributed by atoms with E-state index in [1.807, 2.05) is 44.3 Å². The lowest BCUT2D eigenvalue weighted by atomic mass is 9.89. The number of hydrogen-bond donors (Lipinski definition) is 2. The minimum absolute atomic E-state index is 0.298. The van der Waals surface area contributed by atoms with Crippen molar-refractivity contribution in [2.45, 2.75) is 76.9 Å². The van der Waals surface area contributed by atoms with Gasteiger partial charge in [0.2, 0.25) is 0 Å². The minimum Gasteiger partial charge on any atom is -0.384 e. The molecule has 0 saturated carbocycles. The first-order chi connectivity index (χ1) is 15.2. The van der Waals surface area contributed by atoms with Gasteiger partial charge in [-0.05, 0) is 64.8 Å². The Morgan fingerprint density at radius 1 is 1.25 bits per heavy atom. The maximum atomic E-state index is 6.24. The molecular formula is C24H36ClIN3O3+. The molecule has 1 aliphatic heterocycles. The maximum absolute atomic E-state index is 6.24. The Kier molecular flexibility index (Phi) is 9.41. The molecule has 3 rings (SSSR count). The van der Waals surface area contributed by atoms with Crippen molar-refractivity contribution in [1.82, 2.24) is 4.98 Å². The molecule has 0 spiro atoms. The average molecular weight is 577 g/mol. The lowest BCUT2D eigenvalue weighted by Crippen LogP contribution is -2.89. The van der Waals surface area contributed by atoms with E-state index in [-0.39, 0.29) is 11.9 Å². The van der Waals surface area contributed by atoms with E-state index < -0.39 is 5.60 Å². The molecule has 32 heavy (non-hydrogen) atoms. The predicted octanol–water partition coefficient (Wildman–Crippen LogP) is 5.09. The molecule has 1 saturated heterocycles. The van der Waals surface area contributed by atoms with Gasteiger partial charge in [-0.15, -0.1) is 0 Å². The van der Waals surface area contributed by atoms with E-state index >= 15 is 0 Å². The molecule has 3 N–H and O–H groups in total. The van der Waals surface area contributed by atoms with Crippen LogP contribution in [0.5, 0.6) is 0 Å². The Morgan fingerprint density at radius 2 is 2.06 bits per heavy atom. The van der Waals surface area contributed by atoms with Crippen LogP contribution in [0.25, 0.3) is 10.9 Å². The summed E-state index contributed by atoms with van der Waals surface area (Å²) >= 11 is 8.43. The van der Waals surface area contributed by atoms with Crippen LogP contribution in [0.2, 0.25) is 5.02 Å². The van der Waals surface area contributed by atoms with Crippen molar-refractivity contribution >= 4 is 50.8 Å². The van der Waals surface area contributed by atoms with Crippen molar-refractivity contribution in [2.75, 3.05) is 22.8 Å². The second-order valence-electron chi connectivity index (χ2n) is 9.33. The number of nitrogens with zero attached hydrogens (tertiary/aromatic N) is 1. The second-order valence-corrected chi connectivity index (χ2v) is 10.5. The number of pyridine rings is 1. The standard InChI is InChI=1S/C24H35ClIN3O3/c1-17(7-10-22-30-24(4,16-26)23(2,3)32-31-22)27-12-5-6-13-28-20-11-14-29-21-15-18(25)8-9-19(20)21/h8-9,11,14-15,17,22,27H,5-7,10,12-13,16H2,1-4H3,(H,28,29)/p+1. The van der Waals surface area contributed by atoms with Crippen LogP contribution in [0.4, 0.5) is 5.69 Å². The Balaban J connectivity index is 1.31. The summed E-state index contributed by atoms with van der Waals surface area (Å²) in [5, 5.41) is 7.77. The molecule has 0 bridgehead atoms. The molecule has 2 heterocycles. The molecule has 1 aromatic carbocycles. The number of halogens is 2. The zero-order valence-corrected chi connectivity index (χ0v) is 22.4. The van der Waals surface area contributed by atoms with Gasteiger partial charge in [-0.2, -0.15) is 0 Å². The zero-order valence-electron chi connectivity index (χ0n) is 19.5. The van der Waals surface area contributed by atoms with Gasteiger partial charge in [-0.1, -0.05) is 34.2 Å². The summed E-state index contributed by atoms with van der Waals surface area (Å²) in [5.74, 6) is 0. The van der Waals surface area contributed by atoms with Crippen LogP contribution in [0, 0.1) is 0 Å². The third-order valence-electron chi connectivity index (χ3n) is 6.36. The highest BCUT2D eigenvalue weighted by molar-refractivity contribution is 14.1. The first-order valence-electron chi connectivity index (χ1n) is 11.4. The largest absolute Gasteiger partial charge is 0.384 e. The van der Waals surface area contributed by atoms with Gasteiger partial charge in [-0.25, -0.2) is 9.78 Å². The monoisotopic (exact) mass is 576 g/mol. The van der Waals surface area contributed by atoms with Gasteiger partial charge in [0.15, 0.2) is 6.29 Å². The normalized spacial score (nSPS) is 23.9. The molecule has 178 valence electrons. The minimum atomic E-state index is -0.452. The molecule has 0 amide bonds. The number of aromatic nitrogens is 1. The Labute approximate surface area is 210 Å². The van der Waals surface area contributed by atoms with Crippen molar-refractivity contribution in [3.8, 4) is 0 Å². The van der Waals surface area contributed by atoms with E-state index in [0.717, 1.165) is 59.8 Å². The molecule has 8 heteroatoms. The molecule has 1 fully saturated rings. The number of alkyl halides is 1. The number of unbranched alkanes of at least 4 members (excludes halogenated alkanes) is 1. The van der Waals surface area contributed by atoms with E-state index in [1.54, 1.807) is 0 Å². The number of anilines is 1. The van der Waals surface area contributed by atoms with Crippen molar-refractivity contribution in [1.29, 1.82) is 0 Å². The predicted molar refractivity (Wildman–Crippen MR) is 138 cm³/mol. The topological polar surface area (TPSA) is 69.2 Å². The van der Waals surface area contributed by atoms with E-state index in [9.17, 15) is 0 Å². The van der Waals surface area contributed by atoms with Gasteiger partial charge >= 0.3 is 0 Å². The SMILES string of the molecule is CC(CCC1OOC(C)(C)C(C)(CI)O1)[NH2+]CCCCNc1ccnc2cc(Cl)ccc12. The van der Waals surface area contributed by atoms with Crippen molar-refractivity contribution in [2.24, 2.45) is 0 Å². The van der Waals surface area contributed by atoms with E-state index in [1.165, 1.54) is 0 Å². The maximum Gasteiger partial charge on any atom is 0.192 e. The van der Waals surface area contributed by atoms with Crippen molar-refractivity contribution < 1.29 is 19.8 Å². The van der Waals surface area contributed by atoms with Crippen molar-refractivity contribution in [3.05, 3.63) is 35.5 Å². The molecular weight excluding hydrogens is 541 g/mol. The summed E-state index contributed by atoms with van der Waals surface area (Å²) < 4.78 is 7.09. The van der Waals surface area contributed by atoms with E-state index in [4.69, 9.17) is 26.1 Å². The van der Waals surface area contributed by atoms with Gasteiger partial charge in [0.05, 0.1) is 18.1 Å². The number of benzene rings is 1. The lowest BCUT2D eigenvalue weighted by Gasteiger charge is -2.47. The molecule has 0 aliphatic carbocycles. The summed E-state index contributed by atoms with van der Waals surface area (Å²) in [6.45, 7) is 10.4. The quantitative estimate of drug-likeness (QED) is 0.169. The number of rotatable bonds is 11. The first kappa shape index (κ1) is 25.9. The first-order valence-corrected chi connectivity index (χ1v) is 13.3. The number of quaternary nitrogens is 1. The molecule has 3 atom stereocenters. The highest BCUT2D eigenvalue weighted by Crippen LogP contribution is 2.38. The Bertz CT molecular complexity index is 885. The van der Waals surface area contributed by atoms with Gasteiger partial charge in [0.1, 0.15) is 11.2 Å². The van der Waals surface area contributed by atoms with Crippen molar-refractivity contribution in [3.63, 3.8) is 0 Å². The molecule has 1 aromatic heterocycles. The molecule has 1 aliphatic rings. The second kappa shape index (κ2) is 11.6. The average Bonchev–Trinajstić information content (AvgIpc) is 2.76. The highest BCUT2D eigenvalue weighted by atomic mass is 127. The third kappa shape index (κ3) is 6.67. The van der Waals surface area contributed by atoms with Crippen LogP contribution >= 0.6 is 34.2 Å². The summed E-state index contributed by atoms with van der Waals surface area (Å²) in [7, 11) is 0. The summed E-state index contributed by atoms with van der Waals surface area (Å²) in [5.41, 5.74) is 1.23. The smallest absolute Gasteiger partial charge is 0.192 e. The van der Waals surface area contributed by atoms with E-state index in [0.29, 0.717) is 11.1 Å². The molecule has 3 unspecified atom stereocenters. The van der Waals surface area contributed by atoms with Crippen LogP contribution in [0.3, 0.4) is 0 Å².